The van der Waals surface area contributed by atoms with Crippen LogP contribution < -0.4 is 20.6 Å². The van der Waals surface area contributed by atoms with E-state index in [1.807, 2.05) is 18.2 Å². The molecular formula is C15H18N4O4S. The van der Waals surface area contributed by atoms with Gasteiger partial charge in [-0.2, -0.15) is 5.10 Å². The zero-order chi connectivity index (χ0) is 16.8. The molecule has 0 amide bonds. The van der Waals surface area contributed by atoms with Gasteiger partial charge >= 0.3 is 0 Å². The molecule has 3 N–H and O–H groups in total. The monoisotopic (exact) mass is 350 g/mol. The fraction of sp³-hybridized carbons (Fsp3) is 0.333. The molecule has 24 heavy (non-hydrogen) atoms. The average molecular weight is 350 g/mol. The molecule has 0 radical (unpaired) electrons. The third kappa shape index (κ3) is 4.34. The number of ether oxygens (including phenoxy) is 4. The Hall–Kier alpha value is -2.36. The van der Waals surface area contributed by atoms with Crippen molar-refractivity contribution < 1.29 is 18.9 Å². The average Bonchev–Trinajstić information content (AvgIpc) is 3.25. The van der Waals surface area contributed by atoms with E-state index in [-0.39, 0.29) is 6.29 Å². The molecular weight excluding hydrogens is 332 g/mol. The Morgan fingerprint density at radius 3 is 2.96 bits per heavy atom. The first-order valence-electron chi connectivity index (χ1n) is 7.29. The maximum absolute atomic E-state index is 5.74. The van der Waals surface area contributed by atoms with Crippen molar-refractivity contribution in [2.24, 2.45) is 5.10 Å². The number of benzene rings is 1. The van der Waals surface area contributed by atoms with Gasteiger partial charge in [0.1, 0.15) is 12.4 Å². The van der Waals surface area contributed by atoms with Crippen LogP contribution in [0.1, 0.15) is 5.56 Å². The van der Waals surface area contributed by atoms with Gasteiger partial charge < -0.3 is 24.7 Å². The second-order valence-electron chi connectivity index (χ2n) is 4.84. The van der Waals surface area contributed by atoms with Crippen LogP contribution in [-0.2, 0) is 9.47 Å². The smallest absolute Gasteiger partial charge is 0.205 e. The van der Waals surface area contributed by atoms with Crippen molar-refractivity contribution in [3.8, 4) is 11.5 Å². The molecule has 1 aliphatic rings. The number of anilines is 2. The predicted molar refractivity (Wildman–Crippen MR) is 91.9 cm³/mol. The molecule has 0 unspecified atom stereocenters. The number of hydrazone groups is 1. The van der Waals surface area contributed by atoms with E-state index in [4.69, 9.17) is 24.7 Å². The summed E-state index contributed by atoms with van der Waals surface area (Å²) < 4.78 is 21.7. The fourth-order valence-electron chi connectivity index (χ4n) is 2.05. The molecule has 0 atom stereocenters. The standard InChI is InChI=1S/C15H18N4O4S/c1-20-11-3-2-10(7-17-19-15-18-13(16)9-24-15)6-12(11)23-8-14-21-4-5-22-14/h2-3,6-7,9,14H,4-5,8,16H2,1H3,(H,18,19). The summed E-state index contributed by atoms with van der Waals surface area (Å²) in [6, 6.07) is 5.51. The minimum absolute atomic E-state index is 0.299. The number of aromatic nitrogens is 1. The van der Waals surface area contributed by atoms with Crippen LogP contribution >= 0.6 is 11.3 Å². The van der Waals surface area contributed by atoms with E-state index in [1.165, 1.54) is 11.3 Å². The predicted octanol–water partition coefficient (Wildman–Crippen LogP) is 1.93. The van der Waals surface area contributed by atoms with Crippen molar-refractivity contribution in [1.29, 1.82) is 0 Å². The molecule has 0 spiro atoms. The highest BCUT2D eigenvalue weighted by Gasteiger charge is 2.17. The topological polar surface area (TPSA) is 100 Å². The summed E-state index contributed by atoms with van der Waals surface area (Å²) in [5.41, 5.74) is 9.22. The molecule has 8 nitrogen and oxygen atoms in total. The number of rotatable bonds is 7. The van der Waals surface area contributed by atoms with Crippen LogP contribution in [0.5, 0.6) is 11.5 Å². The number of hydrogen-bond donors (Lipinski definition) is 2. The summed E-state index contributed by atoms with van der Waals surface area (Å²) in [6.07, 6.45) is 1.32. The third-order valence-corrected chi connectivity index (χ3v) is 3.91. The zero-order valence-electron chi connectivity index (χ0n) is 13.1. The van der Waals surface area contributed by atoms with E-state index in [9.17, 15) is 0 Å². The Morgan fingerprint density at radius 1 is 1.42 bits per heavy atom. The number of thiazole rings is 1. The van der Waals surface area contributed by atoms with Crippen LogP contribution in [0.4, 0.5) is 10.9 Å². The SMILES string of the molecule is COc1ccc(C=NNc2nc(N)cs2)cc1OCC1OCCO1. The summed E-state index contributed by atoms with van der Waals surface area (Å²) in [5.74, 6) is 1.69. The Morgan fingerprint density at radius 2 is 2.25 bits per heavy atom. The molecule has 2 heterocycles. The van der Waals surface area contributed by atoms with E-state index in [0.29, 0.717) is 42.3 Å². The minimum atomic E-state index is -0.343. The lowest BCUT2D eigenvalue weighted by Crippen LogP contribution is -2.18. The highest BCUT2D eigenvalue weighted by Crippen LogP contribution is 2.28. The molecule has 128 valence electrons. The van der Waals surface area contributed by atoms with Gasteiger partial charge in [0, 0.05) is 5.38 Å². The van der Waals surface area contributed by atoms with Crippen molar-refractivity contribution in [3.63, 3.8) is 0 Å². The molecule has 1 aromatic heterocycles. The zero-order valence-corrected chi connectivity index (χ0v) is 13.9. The summed E-state index contributed by atoms with van der Waals surface area (Å²) in [7, 11) is 1.59. The number of nitrogens with one attached hydrogen (secondary N) is 1. The second kappa shape index (κ2) is 7.95. The van der Waals surface area contributed by atoms with Crippen LogP contribution in [0.15, 0.2) is 28.7 Å². The van der Waals surface area contributed by atoms with Crippen molar-refractivity contribution in [2.75, 3.05) is 38.1 Å². The van der Waals surface area contributed by atoms with Gasteiger partial charge in [-0.3, -0.25) is 5.43 Å². The maximum Gasteiger partial charge on any atom is 0.205 e. The summed E-state index contributed by atoms with van der Waals surface area (Å²) in [4.78, 5) is 4.06. The van der Waals surface area contributed by atoms with Crippen LogP contribution in [0.25, 0.3) is 0 Å². The van der Waals surface area contributed by atoms with Crippen LogP contribution in [0, 0.1) is 0 Å². The van der Waals surface area contributed by atoms with Crippen molar-refractivity contribution >= 4 is 28.5 Å². The molecule has 1 saturated heterocycles. The van der Waals surface area contributed by atoms with Crippen molar-refractivity contribution in [1.82, 2.24) is 4.98 Å². The summed E-state index contributed by atoms with van der Waals surface area (Å²) in [5, 5.41) is 6.50. The Kier molecular flexibility index (Phi) is 5.47. The number of nitrogen functional groups attached to an aromatic ring is 1. The Balaban J connectivity index is 1.63. The number of methoxy groups -OCH3 is 1. The highest BCUT2D eigenvalue weighted by atomic mass is 32.1. The normalized spacial score (nSPS) is 15.0. The Labute approximate surface area is 143 Å². The first-order chi connectivity index (χ1) is 11.7. The van der Waals surface area contributed by atoms with Gasteiger partial charge in [-0.15, -0.1) is 11.3 Å². The van der Waals surface area contributed by atoms with E-state index in [2.05, 4.69) is 15.5 Å². The first kappa shape index (κ1) is 16.5. The molecule has 2 aromatic rings. The largest absolute Gasteiger partial charge is 0.493 e. The lowest BCUT2D eigenvalue weighted by Gasteiger charge is -2.14. The minimum Gasteiger partial charge on any atom is -0.493 e. The lowest BCUT2D eigenvalue weighted by molar-refractivity contribution is -0.0687. The third-order valence-electron chi connectivity index (χ3n) is 3.15. The number of hydrogen-bond acceptors (Lipinski definition) is 9. The molecule has 0 bridgehead atoms. The molecule has 1 aliphatic heterocycles. The van der Waals surface area contributed by atoms with E-state index in [0.717, 1.165) is 5.56 Å². The van der Waals surface area contributed by atoms with Crippen LogP contribution in [0.2, 0.25) is 0 Å². The summed E-state index contributed by atoms with van der Waals surface area (Å²) in [6.45, 7) is 1.48. The van der Waals surface area contributed by atoms with Crippen molar-refractivity contribution in [3.05, 3.63) is 29.1 Å². The quantitative estimate of drug-likeness (QED) is 0.581. The van der Waals surface area contributed by atoms with Gasteiger partial charge in [0.15, 0.2) is 17.8 Å². The lowest BCUT2D eigenvalue weighted by atomic mass is 10.2. The molecule has 0 saturated carbocycles. The van der Waals surface area contributed by atoms with Crippen LogP contribution in [-0.4, -0.2) is 44.4 Å². The van der Waals surface area contributed by atoms with Crippen molar-refractivity contribution in [2.45, 2.75) is 6.29 Å². The number of nitrogens with two attached hydrogens (primary N) is 1. The maximum atomic E-state index is 5.74. The van der Waals surface area contributed by atoms with E-state index in [1.54, 1.807) is 18.7 Å². The summed E-state index contributed by atoms with van der Waals surface area (Å²) >= 11 is 1.38. The van der Waals surface area contributed by atoms with Gasteiger partial charge in [-0.1, -0.05) is 0 Å². The fourth-order valence-corrected chi connectivity index (χ4v) is 2.60. The Bertz CT molecular complexity index is 701. The molecule has 9 heteroatoms. The number of nitrogens with zero attached hydrogens (tertiary/aromatic N) is 2. The molecule has 1 aromatic carbocycles. The van der Waals surface area contributed by atoms with Gasteiger partial charge in [-0.05, 0) is 23.8 Å². The van der Waals surface area contributed by atoms with Gasteiger partial charge in [-0.25, -0.2) is 4.98 Å². The molecule has 1 fully saturated rings. The van der Waals surface area contributed by atoms with Gasteiger partial charge in [0.2, 0.25) is 5.13 Å². The highest BCUT2D eigenvalue weighted by molar-refractivity contribution is 7.14. The van der Waals surface area contributed by atoms with E-state index < -0.39 is 0 Å². The van der Waals surface area contributed by atoms with Gasteiger partial charge in [0.05, 0.1) is 26.5 Å². The van der Waals surface area contributed by atoms with E-state index >= 15 is 0 Å². The second-order valence-corrected chi connectivity index (χ2v) is 5.70. The molecule has 3 rings (SSSR count). The first-order valence-corrected chi connectivity index (χ1v) is 8.16. The van der Waals surface area contributed by atoms with Crippen LogP contribution in [0.3, 0.4) is 0 Å². The van der Waals surface area contributed by atoms with Gasteiger partial charge in [0.25, 0.3) is 0 Å². The molecule has 0 aliphatic carbocycles.